The fourth-order valence-electron chi connectivity index (χ4n) is 2.17. The number of carbonyl (C=O) groups excluding carboxylic acids is 1. The third kappa shape index (κ3) is 2.58. The number of nitrogens with zero attached hydrogens (tertiary/aromatic N) is 1. The van der Waals surface area contributed by atoms with E-state index in [2.05, 4.69) is 5.43 Å². The van der Waals surface area contributed by atoms with Crippen LogP contribution < -0.4 is 16.8 Å². The Labute approximate surface area is 124 Å². The summed E-state index contributed by atoms with van der Waals surface area (Å²) in [7, 11) is 0. The molecule has 1 aromatic carbocycles. The molecule has 0 unspecified atom stereocenters. The molecular weight excluding hydrogens is 286 g/mol. The van der Waals surface area contributed by atoms with Gasteiger partial charge in [0.1, 0.15) is 0 Å². The van der Waals surface area contributed by atoms with Gasteiger partial charge in [0.05, 0.1) is 11.9 Å². The van der Waals surface area contributed by atoms with Crippen LogP contribution in [0.25, 0.3) is 10.1 Å². The number of nitrogens with two attached hydrogens (primary N) is 1. The molecule has 0 radical (unpaired) electrons. The molecule has 0 saturated carbocycles. The minimum Gasteiger partial charge on any atom is -0.311 e. The first-order valence-corrected chi connectivity index (χ1v) is 7.23. The Hall–Kier alpha value is -2.44. The molecule has 2 aromatic heterocycles. The minimum absolute atomic E-state index is 0.00229. The van der Waals surface area contributed by atoms with E-state index in [0.29, 0.717) is 12.1 Å². The highest BCUT2D eigenvalue weighted by Crippen LogP contribution is 2.16. The van der Waals surface area contributed by atoms with Crippen molar-refractivity contribution >= 4 is 27.3 Å². The van der Waals surface area contributed by atoms with Crippen molar-refractivity contribution < 1.29 is 4.79 Å². The molecule has 0 spiro atoms. The van der Waals surface area contributed by atoms with E-state index in [1.54, 1.807) is 34.2 Å². The van der Waals surface area contributed by atoms with Crippen LogP contribution in [0.4, 0.5) is 0 Å². The molecule has 5 nitrogen and oxygen atoms in total. The first-order valence-electron chi connectivity index (χ1n) is 6.35. The summed E-state index contributed by atoms with van der Waals surface area (Å²) in [5.41, 5.74) is 3.51. The van der Waals surface area contributed by atoms with Gasteiger partial charge in [-0.3, -0.25) is 15.0 Å². The largest absolute Gasteiger partial charge is 0.311 e. The lowest BCUT2D eigenvalue weighted by Crippen LogP contribution is -2.29. The molecule has 106 valence electrons. The molecule has 3 aromatic rings. The monoisotopic (exact) mass is 299 g/mol. The molecule has 0 aliphatic carbocycles. The summed E-state index contributed by atoms with van der Waals surface area (Å²) in [6, 6.07) is 10.8. The van der Waals surface area contributed by atoms with Crippen molar-refractivity contribution in [1.29, 1.82) is 0 Å². The maximum atomic E-state index is 12.3. The van der Waals surface area contributed by atoms with Crippen LogP contribution in [0.5, 0.6) is 0 Å². The smallest absolute Gasteiger partial charge is 0.265 e. The summed E-state index contributed by atoms with van der Waals surface area (Å²) in [6.07, 6.45) is 1.79. The first kappa shape index (κ1) is 13.5. The van der Waals surface area contributed by atoms with Crippen molar-refractivity contribution in [3.63, 3.8) is 0 Å². The van der Waals surface area contributed by atoms with Gasteiger partial charge in [-0.2, -0.15) is 0 Å². The van der Waals surface area contributed by atoms with Crippen molar-refractivity contribution in [2.45, 2.75) is 6.54 Å². The Kier molecular flexibility index (Phi) is 3.55. The van der Waals surface area contributed by atoms with Crippen LogP contribution in [-0.4, -0.2) is 10.5 Å². The Morgan fingerprint density at radius 3 is 2.67 bits per heavy atom. The molecule has 0 fully saturated rings. The number of nitrogen functional groups attached to an aromatic ring is 1. The normalized spacial score (nSPS) is 10.7. The highest BCUT2D eigenvalue weighted by atomic mass is 32.1. The van der Waals surface area contributed by atoms with Crippen molar-refractivity contribution in [3.05, 3.63) is 69.5 Å². The molecule has 0 atom stereocenters. The zero-order chi connectivity index (χ0) is 14.8. The van der Waals surface area contributed by atoms with Gasteiger partial charge >= 0.3 is 0 Å². The van der Waals surface area contributed by atoms with Crippen LogP contribution in [0, 0.1) is 0 Å². The predicted octanol–water partition coefficient (Wildman–Crippen LogP) is 1.71. The van der Waals surface area contributed by atoms with Crippen LogP contribution in [0.15, 0.2) is 52.8 Å². The van der Waals surface area contributed by atoms with Gasteiger partial charge in [-0.25, -0.2) is 5.84 Å². The van der Waals surface area contributed by atoms with Gasteiger partial charge in [-0.05, 0) is 35.2 Å². The standard InChI is InChI=1S/C15H13N3O2S/c16-17-14(19)11-3-1-10(2-4-11)9-18-7-5-13-12(15(18)20)6-8-21-13/h1-8H,9,16H2,(H,17,19). The van der Waals surface area contributed by atoms with Gasteiger partial charge < -0.3 is 4.57 Å². The number of fused-ring (bicyclic) bond motifs is 1. The third-order valence-corrected chi connectivity index (χ3v) is 4.17. The Morgan fingerprint density at radius 2 is 1.95 bits per heavy atom. The van der Waals surface area contributed by atoms with Gasteiger partial charge in [-0.15, -0.1) is 11.3 Å². The summed E-state index contributed by atoms with van der Waals surface area (Å²) >= 11 is 1.55. The molecule has 3 rings (SSSR count). The molecule has 6 heteroatoms. The number of nitrogens with one attached hydrogen (secondary N) is 1. The van der Waals surface area contributed by atoms with E-state index in [0.717, 1.165) is 15.6 Å². The van der Waals surface area contributed by atoms with Crippen LogP contribution in [-0.2, 0) is 6.54 Å². The zero-order valence-corrected chi connectivity index (χ0v) is 11.9. The Balaban J connectivity index is 1.90. The second-order valence-electron chi connectivity index (χ2n) is 4.62. The molecular formula is C15H13N3O2S. The van der Waals surface area contributed by atoms with E-state index in [1.165, 1.54) is 0 Å². The number of thiophene rings is 1. The van der Waals surface area contributed by atoms with Crippen LogP contribution in [0.3, 0.4) is 0 Å². The van der Waals surface area contributed by atoms with E-state index in [4.69, 9.17) is 5.84 Å². The molecule has 0 saturated heterocycles. The summed E-state index contributed by atoms with van der Waals surface area (Å²) in [5, 5.41) is 2.65. The van der Waals surface area contributed by atoms with E-state index in [9.17, 15) is 9.59 Å². The second kappa shape index (κ2) is 5.51. The fraction of sp³-hybridized carbons (Fsp3) is 0.0667. The van der Waals surface area contributed by atoms with Crippen LogP contribution in [0.2, 0.25) is 0 Å². The number of aromatic nitrogens is 1. The molecule has 2 heterocycles. The molecule has 0 bridgehead atoms. The van der Waals surface area contributed by atoms with Gasteiger partial charge in [-0.1, -0.05) is 12.1 Å². The highest BCUT2D eigenvalue weighted by molar-refractivity contribution is 7.17. The lowest BCUT2D eigenvalue weighted by atomic mass is 10.1. The minimum atomic E-state index is -0.335. The number of hydrogen-bond acceptors (Lipinski definition) is 4. The molecule has 0 aliphatic rings. The van der Waals surface area contributed by atoms with Crippen LogP contribution >= 0.6 is 11.3 Å². The topological polar surface area (TPSA) is 77.1 Å². The van der Waals surface area contributed by atoms with E-state index in [1.807, 2.05) is 29.6 Å². The van der Waals surface area contributed by atoms with Crippen molar-refractivity contribution in [1.82, 2.24) is 9.99 Å². The summed E-state index contributed by atoms with van der Waals surface area (Å²) < 4.78 is 2.65. The maximum absolute atomic E-state index is 12.3. The number of hydrogen-bond donors (Lipinski definition) is 2. The Bertz CT molecular complexity index is 849. The van der Waals surface area contributed by atoms with E-state index in [-0.39, 0.29) is 11.5 Å². The van der Waals surface area contributed by atoms with Crippen LogP contribution in [0.1, 0.15) is 15.9 Å². The fourth-order valence-corrected chi connectivity index (χ4v) is 2.95. The third-order valence-electron chi connectivity index (χ3n) is 3.29. The van der Waals surface area contributed by atoms with E-state index < -0.39 is 0 Å². The van der Waals surface area contributed by atoms with Crippen molar-refractivity contribution in [2.24, 2.45) is 5.84 Å². The molecule has 21 heavy (non-hydrogen) atoms. The van der Waals surface area contributed by atoms with Gasteiger partial charge in [0.15, 0.2) is 0 Å². The summed E-state index contributed by atoms with van der Waals surface area (Å²) in [5.74, 6) is 4.75. The maximum Gasteiger partial charge on any atom is 0.265 e. The second-order valence-corrected chi connectivity index (χ2v) is 5.57. The molecule has 3 N–H and O–H groups in total. The lowest BCUT2D eigenvalue weighted by Gasteiger charge is -2.07. The number of hydrazine groups is 1. The molecule has 1 amide bonds. The molecule has 0 aliphatic heterocycles. The number of amides is 1. The number of rotatable bonds is 3. The Morgan fingerprint density at radius 1 is 1.19 bits per heavy atom. The average molecular weight is 299 g/mol. The number of benzene rings is 1. The predicted molar refractivity (Wildman–Crippen MR) is 83.3 cm³/mol. The average Bonchev–Trinajstić information content (AvgIpc) is 2.99. The number of carbonyl (C=O) groups is 1. The number of pyridine rings is 1. The SMILES string of the molecule is NNC(=O)c1ccc(Cn2ccc3sccc3c2=O)cc1. The first-order chi connectivity index (χ1) is 10.2. The highest BCUT2D eigenvalue weighted by Gasteiger charge is 2.06. The summed E-state index contributed by atoms with van der Waals surface area (Å²) in [6.45, 7) is 0.467. The van der Waals surface area contributed by atoms with Gasteiger partial charge in [0, 0.05) is 16.5 Å². The van der Waals surface area contributed by atoms with E-state index >= 15 is 0 Å². The van der Waals surface area contributed by atoms with Crippen molar-refractivity contribution in [3.8, 4) is 0 Å². The quantitative estimate of drug-likeness (QED) is 0.439. The summed E-state index contributed by atoms with van der Waals surface area (Å²) in [4.78, 5) is 23.7. The van der Waals surface area contributed by atoms with Gasteiger partial charge in [0.2, 0.25) is 0 Å². The zero-order valence-electron chi connectivity index (χ0n) is 11.1. The lowest BCUT2D eigenvalue weighted by molar-refractivity contribution is 0.0953. The van der Waals surface area contributed by atoms with Gasteiger partial charge in [0.25, 0.3) is 11.5 Å². The van der Waals surface area contributed by atoms with Crippen molar-refractivity contribution in [2.75, 3.05) is 0 Å².